The van der Waals surface area contributed by atoms with E-state index in [9.17, 15) is 0 Å². The molecule has 2 aromatic carbocycles. The first kappa shape index (κ1) is 17.1. The molecule has 0 unspecified atom stereocenters. The van der Waals surface area contributed by atoms with Gasteiger partial charge in [0, 0.05) is 25.2 Å². The van der Waals surface area contributed by atoms with Gasteiger partial charge in [-0.1, -0.05) is 69.0 Å². The van der Waals surface area contributed by atoms with Gasteiger partial charge in [0.25, 0.3) is 0 Å². The largest absolute Gasteiger partial charge is 0.378 e. The van der Waals surface area contributed by atoms with Crippen LogP contribution in [0.4, 0.5) is 5.69 Å². The molecule has 2 aromatic rings. The van der Waals surface area contributed by atoms with Crippen LogP contribution in [0.25, 0.3) is 6.08 Å². The molecular formula is C22H27N. The van der Waals surface area contributed by atoms with Crippen molar-refractivity contribution in [2.45, 2.75) is 26.2 Å². The Morgan fingerprint density at radius 3 is 2.17 bits per heavy atom. The van der Waals surface area contributed by atoms with Crippen molar-refractivity contribution in [3.8, 4) is 0 Å². The van der Waals surface area contributed by atoms with E-state index in [2.05, 4.69) is 107 Å². The number of allylic oxidation sites excluding steroid dienone is 2. The van der Waals surface area contributed by atoms with E-state index < -0.39 is 0 Å². The predicted molar refractivity (Wildman–Crippen MR) is 103 cm³/mol. The first-order valence-electron chi connectivity index (χ1n) is 8.03. The number of nitrogens with zero attached hydrogens (tertiary/aromatic N) is 1. The Balaban J connectivity index is 2.19. The van der Waals surface area contributed by atoms with Crippen LogP contribution in [-0.4, -0.2) is 14.1 Å². The quantitative estimate of drug-likeness (QED) is 0.649. The molecule has 0 N–H and O–H groups in total. The van der Waals surface area contributed by atoms with Crippen molar-refractivity contribution in [2.24, 2.45) is 0 Å². The highest BCUT2D eigenvalue weighted by molar-refractivity contribution is 5.59. The topological polar surface area (TPSA) is 3.24 Å². The molecule has 2 rings (SSSR count). The molecule has 0 aliphatic carbocycles. The fourth-order valence-corrected chi connectivity index (χ4v) is 2.74. The number of anilines is 1. The molecule has 23 heavy (non-hydrogen) atoms. The van der Waals surface area contributed by atoms with E-state index in [0.29, 0.717) is 0 Å². The average Bonchev–Trinajstić information content (AvgIpc) is 2.53. The summed E-state index contributed by atoms with van der Waals surface area (Å²) in [6, 6.07) is 17.1. The van der Waals surface area contributed by atoms with Crippen molar-refractivity contribution in [3.05, 3.63) is 83.4 Å². The zero-order chi connectivity index (χ0) is 17.0. The minimum atomic E-state index is -0.0780. The monoisotopic (exact) mass is 305 g/mol. The Kier molecular flexibility index (Phi) is 5.10. The third kappa shape index (κ3) is 3.92. The SMILES string of the molecule is C=C(/C=C/c1ccc(N(C)C)cc1)C(C)(C)c1ccccc1C. The maximum atomic E-state index is 4.31. The number of hydrogen-bond donors (Lipinski definition) is 0. The van der Waals surface area contributed by atoms with Gasteiger partial charge in [0.1, 0.15) is 0 Å². The number of aryl methyl sites for hydroxylation is 1. The predicted octanol–water partition coefficient (Wildman–Crippen LogP) is 5.61. The van der Waals surface area contributed by atoms with E-state index >= 15 is 0 Å². The summed E-state index contributed by atoms with van der Waals surface area (Å²) < 4.78 is 0. The van der Waals surface area contributed by atoms with Crippen LogP contribution in [0.2, 0.25) is 0 Å². The molecule has 0 amide bonds. The van der Waals surface area contributed by atoms with E-state index in [4.69, 9.17) is 0 Å². The van der Waals surface area contributed by atoms with Gasteiger partial charge in [-0.15, -0.1) is 0 Å². The van der Waals surface area contributed by atoms with Crippen molar-refractivity contribution in [1.82, 2.24) is 0 Å². The van der Waals surface area contributed by atoms with Gasteiger partial charge in [0.05, 0.1) is 0 Å². The van der Waals surface area contributed by atoms with Crippen LogP contribution in [0.3, 0.4) is 0 Å². The molecule has 120 valence electrons. The van der Waals surface area contributed by atoms with E-state index in [1.165, 1.54) is 22.4 Å². The molecule has 1 heteroatoms. The van der Waals surface area contributed by atoms with Gasteiger partial charge in [-0.25, -0.2) is 0 Å². The number of benzene rings is 2. The fraction of sp³-hybridized carbons (Fsp3) is 0.273. The van der Waals surface area contributed by atoms with Gasteiger partial charge >= 0.3 is 0 Å². The van der Waals surface area contributed by atoms with Crippen LogP contribution >= 0.6 is 0 Å². The lowest BCUT2D eigenvalue weighted by molar-refractivity contribution is 0.637. The summed E-state index contributed by atoms with van der Waals surface area (Å²) in [5.41, 5.74) is 6.08. The molecule has 0 spiro atoms. The summed E-state index contributed by atoms with van der Waals surface area (Å²) in [5, 5.41) is 0. The summed E-state index contributed by atoms with van der Waals surface area (Å²) in [7, 11) is 4.11. The highest BCUT2D eigenvalue weighted by Crippen LogP contribution is 2.33. The van der Waals surface area contributed by atoms with Crippen molar-refractivity contribution in [2.75, 3.05) is 19.0 Å². The highest BCUT2D eigenvalue weighted by atomic mass is 15.1. The lowest BCUT2D eigenvalue weighted by atomic mass is 9.76. The van der Waals surface area contributed by atoms with Crippen molar-refractivity contribution in [3.63, 3.8) is 0 Å². The lowest BCUT2D eigenvalue weighted by Crippen LogP contribution is -2.19. The molecule has 0 fully saturated rings. The molecule has 0 saturated heterocycles. The molecule has 0 aliphatic rings. The second-order valence-electron chi connectivity index (χ2n) is 6.78. The maximum Gasteiger partial charge on any atom is 0.0361 e. The highest BCUT2D eigenvalue weighted by Gasteiger charge is 2.23. The second kappa shape index (κ2) is 6.87. The minimum absolute atomic E-state index is 0.0780. The molecule has 1 nitrogen and oxygen atoms in total. The van der Waals surface area contributed by atoms with Crippen LogP contribution in [0.1, 0.15) is 30.5 Å². The summed E-state index contributed by atoms with van der Waals surface area (Å²) in [6.07, 6.45) is 4.28. The Bertz CT molecular complexity index is 703. The molecule has 0 radical (unpaired) electrons. The smallest absolute Gasteiger partial charge is 0.0361 e. The molecule has 0 bridgehead atoms. The van der Waals surface area contributed by atoms with Gasteiger partial charge in [-0.05, 0) is 41.3 Å². The Hall–Kier alpha value is -2.28. The van der Waals surface area contributed by atoms with Gasteiger partial charge in [-0.2, -0.15) is 0 Å². The Labute approximate surface area is 141 Å². The van der Waals surface area contributed by atoms with Crippen LogP contribution in [-0.2, 0) is 5.41 Å². The van der Waals surface area contributed by atoms with Crippen LogP contribution < -0.4 is 4.90 Å². The summed E-state index contributed by atoms with van der Waals surface area (Å²) >= 11 is 0. The molecule has 0 saturated carbocycles. The first-order chi connectivity index (χ1) is 10.8. The normalized spacial score (nSPS) is 11.7. The Morgan fingerprint density at radius 2 is 1.61 bits per heavy atom. The standard InChI is InChI=1S/C22H27N/c1-17-9-7-8-10-21(17)22(3,4)18(2)11-12-19-13-15-20(16-14-19)23(5)6/h7-16H,2H2,1,3-6H3/b12-11+. The summed E-state index contributed by atoms with van der Waals surface area (Å²) in [5.74, 6) is 0. The van der Waals surface area contributed by atoms with Gasteiger partial charge in [-0.3, -0.25) is 0 Å². The molecule has 0 aliphatic heterocycles. The van der Waals surface area contributed by atoms with Crippen LogP contribution in [0.15, 0.2) is 66.8 Å². The maximum absolute atomic E-state index is 4.31. The van der Waals surface area contributed by atoms with Gasteiger partial charge in [0.15, 0.2) is 0 Å². The van der Waals surface area contributed by atoms with Crippen LogP contribution in [0.5, 0.6) is 0 Å². The van der Waals surface area contributed by atoms with Crippen molar-refractivity contribution >= 4 is 11.8 Å². The van der Waals surface area contributed by atoms with Crippen molar-refractivity contribution in [1.29, 1.82) is 0 Å². The first-order valence-corrected chi connectivity index (χ1v) is 8.03. The molecular weight excluding hydrogens is 278 g/mol. The molecule has 0 heterocycles. The van der Waals surface area contributed by atoms with Crippen LogP contribution in [0, 0.1) is 6.92 Å². The van der Waals surface area contributed by atoms with E-state index in [0.717, 1.165) is 5.57 Å². The molecule has 0 atom stereocenters. The van der Waals surface area contributed by atoms with E-state index in [-0.39, 0.29) is 5.41 Å². The van der Waals surface area contributed by atoms with E-state index in [1.54, 1.807) is 0 Å². The lowest BCUT2D eigenvalue weighted by Gasteiger charge is -2.28. The zero-order valence-corrected chi connectivity index (χ0v) is 14.9. The molecule has 0 aromatic heterocycles. The van der Waals surface area contributed by atoms with E-state index in [1.807, 2.05) is 0 Å². The van der Waals surface area contributed by atoms with Gasteiger partial charge < -0.3 is 4.90 Å². The minimum Gasteiger partial charge on any atom is -0.378 e. The average molecular weight is 305 g/mol. The number of hydrogen-bond acceptors (Lipinski definition) is 1. The fourth-order valence-electron chi connectivity index (χ4n) is 2.74. The van der Waals surface area contributed by atoms with Gasteiger partial charge in [0.2, 0.25) is 0 Å². The Morgan fingerprint density at radius 1 is 1.00 bits per heavy atom. The third-order valence-electron chi connectivity index (χ3n) is 4.51. The third-order valence-corrected chi connectivity index (χ3v) is 4.51. The van der Waals surface area contributed by atoms with Crippen molar-refractivity contribution < 1.29 is 0 Å². The summed E-state index contributed by atoms with van der Waals surface area (Å²) in [6.45, 7) is 10.9. The number of rotatable bonds is 5. The second-order valence-corrected chi connectivity index (χ2v) is 6.78. The zero-order valence-electron chi connectivity index (χ0n) is 14.9. The summed E-state index contributed by atoms with van der Waals surface area (Å²) in [4.78, 5) is 2.10.